The van der Waals surface area contributed by atoms with Gasteiger partial charge in [-0.25, -0.2) is 14.8 Å². The summed E-state index contributed by atoms with van der Waals surface area (Å²) in [6, 6.07) is -0.491. The molecule has 2 saturated heterocycles. The molecule has 2 aliphatic rings. The lowest BCUT2D eigenvalue weighted by Gasteiger charge is -2.52. The van der Waals surface area contributed by atoms with Gasteiger partial charge < -0.3 is 31.4 Å². The Hall–Kier alpha value is -3.01. The van der Waals surface area contributed by atoms with E-state index in [0.717, 1.165) is 21.9 Å². The number of carbonyl (C=O) groups is 3. The molecule has 6 N–H and O–H groups in total. The Bertz CT molecular complexity index is 1150. The second kappa shape index (κ2) is 10.5. The zero-order valence-corrected chi connectivity index (χ0v) is 20.5. The van der Waals surface area contributed by atoms with Gasteiger partial charge in [0.2, 0.25) is 11.6 Å². The number of hydrogen-bond donors (Lipinski definition) is 4. The van der Waals surface area contributed by atoms with Crippen molar-refractivity contribution < 1.29 is 29.4 Å². The van der Waals surface area contributed by atoms with Crippen molar-refractivity contribution in [3.63, 3.8) is 0 Å². The standard InChI is InChI=1S/C13H15N3O3S2.C6H7N3O3S/c1-7-8(21-6-15-7)2-3-13(12(18)19)4-16-10(17)9(14)11(16)20-5-13;1-12-9-4(5(10)11)3-2-13-6(7)8-3/h2-3,6,9,11H,4-5,14H2,1H3,(H,18,19);2H,1H3,(H2,7,8)(H,10,11)/t9?,11-,13?;/m1./s1. The van der Waals surface area contributed by atoms with Crippen molar-refractivity contribution in [2.45, 2.75) is 18.3 Å². The van der Waals surface area contributed by atoms with Crippen molar-refractivity contribution in [2.75, 3.05) is 25.1 Å². The lowest BCUT2D eigenvalue weighted by molar-refractivity contribution is -0.153. The molecule has 15 heteroatoms. The van der Waals surface area contributed by atoms with E-state index in [0.29, 0.717) is 10.9 Å². The number of anilines is 1. The van der Waals surface area contributed by atoms with Gasteiger partial charge in [-0.1, -0.05) is 11.2 Å². The third kappa shape index (κ3) is 5.22. The lowest BCUT2D eigenvalue weighted by atomic mass is 9.86. The summed E-state index contributed by atoms with van der Waals surface area (Å²) in [6.45, 7) is 2.06. The number of amides is 1. The normalized spacial score (nSPS) is 24.1. The van der Waals surface area contributed by atoms with Crippen molar-refractivity contribution in [1.29, 1.82) is 0 Å². The van der Waals surface area contributed by atoms with E-state index in [1.807, 2.05) is 6.92 Å². The summed E-state index contributed by atoms with van der Waals surface area (Å²) in [4.78, 5) is 48.9. The number of aryl methyl sites for hydroxylation is 1. The number of carboxylic acid groups (broad SMARTS) is 2. The van der Waals surface area contributed by atoms with Gasteiger partial charge >= 0.3 is 11.9 Å². The summed E-state index contributed by atoms with van der Waals surface area (Å²) >= 11 is 4.05. The third-order valence-electron chi connectivity index (χ3n) is 5.06. The topological polar surface area (TPSA) is 194 Å². The molecule has 2 aromatic rings. The SMILES string of the molecule is CON=C(C(=O)O)c1csc(N)n1.Cc1ncsc1C=CC1(C(=O)O)CS[C@@H]2C(N)C(=O)N2C1. The minimum Gasteiger partial charge on any atom is -0.481 e. The maximum absolute atomic E-state index is 11.8. The second-order valence-electron chi connectivity index (χ2n) is 7.29. The van der Waals surface area contributed by atoms with Gasteiger partial charge in [-0.15, -0.1) is 34.4 Å². The summed E-state index contributed by atoms with van der Waals surface area (Å²) in [5, 5.41) is 23.3. The number of β-lactam (4-membered cyclic amide) rings is 1. The highest BCUT2D eigenvalue weighted by molar-refractivity contribution is 8.00. The minimum absolute atomic E-state index is 0.0801. The molecule has 0 radical (unpaired) electrons. The van der Waals surface area contributed by atoms with Crippen molar-refractivity contribution in [2.24, 2.45) is 16.3 Å². The molecule has 0 spiro atoms. The summed E-state index contributed by atoms with van der Waals surface area (Å²) < 4.78 is 0. The molecular formula is C19H22N6O6S3. The molecule has 34 heavy (non-hydrogen) atoms. The third-order valence-corrected chi connectivity index (χ3v) is 8.20. The Morgan fingerprint density at radius 2 is 2.12 bits per heavy atom. The predicted octanol–water partition coefficient (Wildman–Crippen LogP) is 0.939. The van der Waals surface area contributed by atoms with E-state index < -0.39 is 23.4 Å². The minimum atomic E-state index is -1.20. The zero-order valence-electron chi connectivity index (χ0n) is 18.1. The Morgan fingerprint density at radius 3 is 2.65 bits per heavy atom. The van der Waals surface area contributed by atoms with E-state index in [9.17, 15) is 19.5 Å². The Morgan fingerprint density at radius 1 is 1.38 bits per heavy atom. The Balaban J connectivity index is 0.000000215. The fourth-order valence-electron chi connectivity index (χ4n) is 3.19. The molecule has 0 aliphatic carbocycles. The fraction of sp³-hybridized carbons (Fsp3) is 0.368. The molecule has 1 amide bonds. The number of nitrogen functional groups attached to an aromatic ring is 1. The first-order chi connectivity index (χ1) is 16.1. The molecule has 4 rings (SSSR count). The van der Waals surface area contributed by atoms with Crippen LogP contribution >= 0.6 is 34.4 Å². The molecule has 0 bridgehead atoms. The molecule has 0 saturated carbocycles. The van der Waals surface area contributed by atoms with Crippen LogP contribution < -0.4 is 11.5 Å². The number of fused-ring (bicyclic) bond motifs is 1. The smallest absolute Gasteiger partial charge is 0.360 e. The van der Waals surface area contributed by atoms with Gasteiger partial charge in [0.25, 0.3) is 0 Å². The molecule has 2 unspecified atom stereocenters. The summed E-state index contributed by atoms with van der Waals surface area (Å²) in [5.41, 5.74) is 12.6. The molecule has 2 aliphatic heterocycles. The highest BCUT2D eigenvalue weighted by atomic mass is 32.2. The van der Waals surface area contributed by atoms with E-state index in [2.05, 4.69) is 20.0 Å². The highest BCUT2D eigenvalue weighted by Crippen LogP contribution is 2.42. The summed E-state index contributed by atoms with van der Waals surface area (Å²) in [5.74, 6) is -1.87. The zero-order chi connectivity index (χ0) is 25.0. The second-order valence-corrected chi connectivity index (χ2v) is 10.2. The van der Waals surface area contributed by atoms with Gasteiger partial charge in [-0.05, 0) is 13.0 Å². The van der Waals surface area contributed by atoms with Crippen LogP contribution in [0.25, 0.3) is 6.08 Å². The summed E-state index contributed by atoms with van der Waals surface area (Å²) in [6.07, 6.45) is 3.49. The van der Waals surface area contributed by atoms with Gasteiger partial charge in [0.15, 0.2) is 5.13 Å². The number of aliphatic carboxylic acids is 2. The number of hydrogen-bond acceptors (Lipinski definition) is 12. The van der Waals surface area contributed by atoms with Crippen LogP contribution in [0.2, 0.25) is 0 Å². The lowest BCUT2D eigenvalue weighted by Crippen LogP contribution is -2.71. The van der Waals surface area contributed by atoms with Crippen molar-refractivity contribution in [1.82, 2.24) is 14.9 Å². The molecule has 0 aromatic carbocycles. The van der Waals surface area contributed by atoms with Crippen LogP contribution in [0.15, 0.2) is 22.1 Å². The van der Waals surface area contributed by atoms with Crippen molar-refractivity contribution in [3.05, 3.63) is 33.2 Å². The average Bonchev–Trinajstić information content (AvgIpc) is 3.42. The van der Waals surface area contributed by atoms with E-state index in [-0.39, 0.29) is 29.2 Å². The number of thioether (sulfide) groups is 1. The van der Waals surface area contributed by atoms with Crippen LogP contribution in [-0.4, -0.2) is 79.5 Å². The van der Waals surface area contributed by atoms with E-state index >= 15 is 0 Å². The molecular weight excluding hydrogens is 504 g/mol. The quantitative estimate of drug-likeness (QED) is 0.238. The van der Waals surface area contributed by atoms with E-state index in [4.69, 9.17) is 16.6 Å². The van der Waals surface area contributed by atoms with Crippen molar-refractivity contribution in [3.8, 4) is 0 Å². The number of aromatic nitrogens is 2. The van der Waals surface area contributed by atoms with Crippen LogP contribution in [0.3, 0.4) is 0 Å². The van der Waals surface area contributed by atoms with Crippen LogP contribution in [0.4, 0.5) is 5.13 Å². The predicted molar refractivity (Wildman–Crippen MR) is 130 cm³/mol. The van der Waals surface area contributed by atoms with Crippen LogP contribution in [0.1, 0.15) is 16.3 Å². The first kappa shape index (κ1) is 25.6. The van der Waals surface area contributed by atoms with Gasteiger partial charge in [0.1, 0.15) is 29.6 Å². The molecule has 182 valence electrons. The number of nitrogens with two attached hydrogens (primary N) is 2. The van der Waals surface area contributed by atoms with Gasteiger partial charge in [-0.2, -0.15) is 0 Å². The van der Waals surface area contributed by atoms with E-state index in [1.54, 1.807) is 22.6 Å². The number of carboxylic acids is 2. The van der Waals surface area contributed by atoms with Crippen LogP contribution in [0.5, 0.6) is 0 Å². The number of rotatable bonds is 6. The largest absolute Gasteiger partial charge is 0.481 e. The fourth-order valence-corrected chi connectivity index (χ4v) is 5.89. The van der Waals surface area contributed by atoms with Gasteiger partial charge in [0, 0.05) is 22.6 Å². The number of thiazole rings is 2. The number of nitrogens with zero attached hydrogens (tertiary/aromatic N) is 4. The monoisotopic (exact) mass is 526 g/mol. The van der Waals surface area contributed by atoms with Crippen LogP contribution in [-0.2, 0) is 19.2 Å². The maximum atomic E-state index is 11.8. The molecule has 2 fully saturated rings. The van der Waals surface area contributed by atoms with Crippen molar-refractivity contribution >= 4 is 69.2 Å². The van der Waals surface area contributed by atoms with Gasteiger partial charge in [-0.3, -0.25) is 9.59 Å². The van der Waals surface area contributed by atoms with E-state index in [1.165, 1.54) is 35.6 Å². The molecule has 2 aromatic heterocycles. The first-order valence-electron chi connectivity index (χ1n) is 9.66. The maximum Gasteiger partial charge on any atom is 0.360 e. The summed E-state index contributed by atoms with van der Waals surface area (Å²) in [7, 11) is 1.26. The highest BCUT2D eigenvalue weighted by Gasteiger charge is 2.54. The molecule has 4 heterocycles. The average molecular weight is 527 g/mol. The van der Waals surface area contributed by atoms with Gasteiger partial charge in [0.05, 0.1) is 11.2 Å². The Labute approximate surface area is 206 Å². The molecule has 3 atom stereocenters. The number of oxime groups is 1. The van der Waals surface area contributed by atoms with Crippen LogP contribution in [0, 0.1) is 12.3 Å². The number of carbonyl (C=O) groups excluding carboxylic acids is 1. The Kier molecular flexibility index (Phi) is 7.91. The first-order valence-corrected chi connectivity index (χ1v) is 12.5. The molecule has 12 nitrogen and oxygen atoms in total.